The molecule has 0 aliphatic rings. The third-order valence-electron chi connectivity index (χ3n) is 1.78. The third kappa shape index (κ3) is 3.87. The average molecular weight is 273 g/mol. The van der Waals surface area contributed by atoms with Gasteiger partial charge >= 0.3 is 5.97 Å². The van der Waals surface area contributed by atoms with Crippen molar-refractivity contribution in [2.75, 3.05) is 18.5 Å². The Morgan fingerprint density at radius 2 is 2.33 bits per heavy atom. The van der Waals surface area contributed by atoms with E-state index in [1.54, 1.807) is 6.92 Å². The number of nitrogens with zero attached hydrogens (tertiary/aromatic N) is 1. The fraction of sp³-hybridized carbons (Fsp3) is 0.400. The van der Waals surface area contributed by atoms with Gasteiger partial charge in [-0.3, -0.25) is 4.79 Å². The first-order valence-corrected chi connectivity index (χ1v) is 5.45. The maximum atomic E-state index is 11.1. The number of halogens is 1. The molecule has 1 rings (SSSR count). The number of pyridine rings is 1. The van der Waals surface area contributed by atoms with Crippen LogP contribution in [0.3, 0.4) is 0 Å². The number of carbonyl (C=O) groups is 1. The summed E-state index contributed by atoms with van der Waals surface area (Å²) in [5, 5.41) is 2.97. The van der Waals surface area contributed by atoms with Gasteiger partial charge in [0.15, 0.2) is 0 Å². The first-order valence-electron chi connectivity index (χ1n) is 4.66. The zero-order chi connectivity index (χ0) is 11.3. The van der Waals surface area contributed by atoms with Gasteiger partial charge in [0.1, 0.15) is 11.1 Å². The van der Waals surface area contributed by atoms with Gasteiger partial charge in [-0.25, -0.2) is 4.98 Å². The molecule has 82 valence electrons. The molecule has 5 heteroatoms. The van der Waals surface area contributed by atoms with Crippen LogP contribution in [0.25, 0.3) is 0 Å². The van der Waals surface area contributed by atoms with Crippen LogP contribution in [-0.4, -0.2) is 24.1 Å². The van der Waals surface area contributed by atoms with Crippen LogP contribution >= 0.6 is 15.9 Å². The minimum absolute atomic E-state index is 0.165. The van der Waals surface area contributed by atoms with Crippen molar-refractivity contribution in [1.82, 2.24) is 4.98 Å². The molecule has 1 aromatic rings. The van der Waals surface area contributed by atoms with Crippen LogP contribution in [0, 0.1) is 6.92 Å². The van der Waals surface area contributed by atoms with Crippen LogP contribution in [0.2, 0.25) is 0 Å². The Labute approximate surface area is 97.2 Å². The highest BCUT2D eigenvalue weighted by Gasteiger charge is 2.03. The first kappa shape index (κ1) is 12.0. The van der Waals surface area contributed by atoms with Gasteiger partial charge in [0.05, 0.1) is 18.0 Å². The summed E-state index contributed by atoms with van der Waals surface area (Å²) in [6.07, 6.45) is 0. The summed E-state index contributed by atoms with van der Waals surface area (Å²) >= 11 is 3.27. The van der Waals surface area contributed by atoms with E-state index in [-0.39, 0.29) is 12.5 Å². The molecule has 0 bridgehead atoms. The number of hydrogen-bond donors (Lipinski definition) is 1. The largest absolute Gasteiger partial charge is 0.465 e. The van der Waals surface area contributed by atoms with Gasteiger partial charge in [-0.15, -0.1) is 0 Å². The fourth-order valence-corrected chi connectivity index (χ4v) is 1.49. The molecule has 0 unspecified atom stereocenters. The number of ether oxygens (including phenoxy) is 1. The lowest BCUT2D eigenvalue weighted by molar-refractivity contribution is -0.140. The number of carbonyl (C=O) groups excluding carboxylic acids is 1. The highest BCUT2D eigenvalue weighted by atomic mass is 79.9. The van der Waals surface area contributed by atoms with Crippen LogP contribution in [0.5, 0.6) is 0 Å². The standard InChI is InChI=1S/C10H13BrN2O2/c1-3-15-10(14)6-12-8-4-5-9(11)13-7(8)2/h4-5,12H,3,6H2,1-2H3. The lowest BCUT2D eigenvalue weighted by Gasteiger charge is -2.08. The zero-order valence-corrected chi connectivity index (χ0v) is 10.3. The van der Waals surface area contributed by atoms with E-state index in [2.05, 4.69) is 26.2 Å². The van der Waals surface area contributed by atoms with Crippen LogP contribution in [0.15, 0.2) is 16.7 Å². The Hall–Kier alpha value is -1.10. The van der Waals surface area contributed by atoms with Gasteiger partial charge in [-0.2, -0.15) is 0 Å². The second-order valence-corrected chi connectivity index (χ2v) is 3.74. The molecule has 0 spiro atoms. The molecule has 0 saturated heterocycles. The predicted molar refractivity (Wildman–Crippen MR) is 61.8 cm³/mol. The van der Waals surface area contributed by atoms with Crippen molar-refractivity contribution in [2.24, 2.45) is 0 Å². The molecule has 0 saturated carbocycles. The summed E-state index contributed by atoms with van der Waals surface area (Å²) in [6, 6.07) is 3.69. The molecule has 0 fully saturated rings. The van der Waals surface area contributed by atoms with Crippen molar-refractivity contribution >= 4 is 27.6 Å². The van der Waals surface area contributed by atoms with Crippen LogP contribution < -0.4 is 5.32 Å². The molecule has 0 atom stereocenters. The van der Waals surface area contributed by atoms with Crippen molar-refractivity contribution in [3.05, 3.63) is 22.4 Å². The minimum Gasteiger partial charge on any atom is -0.465 e. The number of hydrogen-bond acceptors (Lipinski definition) is 4. The van der Waals surface area contributed by atoms with E-state index >= 15 is 0 Å². The van der Waals surface area contributed by atoms with E-state index in [1.165, 1.54) is 0 Å². The van der Waals surface area contributed by atoms with E-state index in [4.69, 9.17) is 4.74 Å². The number of anilines is 1. The van der Waals surface area contributed by atoms with Crippen LogP contribution in [-0.2, 0) is 9.53 Å². The first-order chi connectivity index (χ1) is 7.13. The molecule has 15 heavy (non-hydrogen) atoms. The summed E-state index contributed by atoms with van der Waals surface area (Å²) in [4.78, 5) is 15.3. The van der Waals surface area contributed by atoms with E-state index < -0.39 is 0 Å². The molecule has 0 radical (unpaired) electrons. The second-order valence-electron chi connectivity index (χ2n) is 2.93. The Kier molecular flexibility index (Phi) is 4.55. The van der Waals surface area contributed by atoms with Crippen molar-refractivity contribution in [3.63, 3.8) is 0 Å². The molecular weight excluding hydrogens is 260 g/mol. The monoisotopic (exact) mass is 272 g/mol. The molecule has 4 nitrogen and oxygen atoms in total. The summed E-state index contributed by atoms with van der Waals surface area (Å²) in [5.41, 5.74) is 1.68. The Bertz CT molecular complexity index is 355. The van der Waals surface area contributed by atoms with E-state index in [9.17, 15) is 4.79 Å². The van der Waals surface area contributed by atoms with Crippen LogP contribution in [0.1, 0.15) is 12.6 Å². The minimum atomic E-state index is -0.264. The average Bonchev–Trinajstić information content (AvgIpc) is 2.17. The summed E-state index contributed by atoms with van der Waals surface area (Å²) < 4.78 is 5.58. The Balaban J connectivity index is 2.54. The van der Waals surface area contributed by atoms with Crippen molar-refractivity contribution in [3.8, 4) is 0 Å². The summed E-state index contributed by atoms with van der Waals surface area (Å²) in [6.45, 7) is 4.22. The molecular formula is C10H13BrN2O2. The van der Waals surface area contributed by atoms with Gasteiger partial charge in [0.25, 0.3) is 0 Å². The maximum Gasteiger partial charge on any atom is 0.325 e. The molecule has 0 aromatic carbocycles. The maximum absolute atomic E-state index is 11.1. The molecule has 1 aromatic heterocycles. The van der Waals surface area contributed by atoms with Gasteiger partial charge < -0.3 is 10.1 Å². The van der Waals surface area contributed by atoms with E-state index in [0.717, 1.165) is 16.0 Å². The SMILES string of the molecule is CCOC(=O)CNc1ccc(Br)nc1C. The van der Waals surface area contributed by atoms with Crippen molar-refractivity contribution in [1.29, 1.82) is 0 Å². The van der Waals surface area contributed by atoms with E-state index in [1.807, 2.05) is 19.1 Å². The Morgan fingerprint density at radius 1 is 1.60 bits per heavy atom. The molecule has 0 aliphatic heterocycles. The lowest BCUT2D eigenvalue weighted by atomic mass is 10.3. The highest BCUT2D eigenvalue weighted by Crippen LogP contribution is 2.15. The summed E-state index contributed by atoms with van der Waals surface area (Å²) in [5.74, 6) is -0.264. The van der Waals surface area contributed by atoms with Gasteiger partial charge in [0.2, 0.25) is 0 Å². The number of nitrogens with one attached hydrogen (secondary N) is 1. The quantitative estimate of drug-likeness (QED) is 0.674. The molecule has 0 aliphatic carbocycles. The summed E-state index contributed by atoms with van der Waals surface area (Å²) in [7, 11) is 0. The molecule has 1 heterocycles. The smallest absolute Gasteiger partial charge is 0.325 e. The second kappa shape index (κ2) is 5.70. The van der Waals surface area contributed by atoms with E-state index in [0.29, 0.717) is 6.61 Å². The number of esters is 1. The normalized spacial score (nSPS) is 9.80. The lowest BCUT2D eigenvalue weighted by Crippen LogP contribution is -2.17. The van der Waals surface area contributed by atoms with Gasteiger partial charge in [-0.05, 0) is 41.9 Å². The number of aromatic nitrogens is 1. The van der Waals surface area contributed by atoms with Crippen molar-refractivity contribution < 1.29 is 9.53 Å². The fourth-order valence-electron chi connectivity index (χ4n) is 1.10. The number of aryl methyl sites for hydroxylation is 1. The predicted octanol–water partition coefficient (Wildman–Crippen LogP) is 2.13. The van der Waals surface area contributed by atoms with Gasteiger partial charge in [-0.1, -0.05) is 0 Å². The zero-order valence-electron chi connectivity index (χ0n) is 8.71. The van der Waals surface area contributed by atoms with Crippen molar-refractivity contribution in [2.45, 2.75) is 13.8 Å². The Morgan fingerprint density at radius 3 is 2.93 bits per heavy atom. The topological polar surface area (TPSA) is 51.2 Å². The third-order valence-corrected chi connectivity index (χ3v) is 2.22. The number of rotatable bonds is 4. The van der Waals surface area contributed by atoms with Gasteiger partial charge in [0, 0.05) is 0 Å². The molecule has 0 amide bonds. The highest BCUT2D eigenvalue weighted by molar-refractivity contribution is 9.10. The molecule has 1 N–H and O–H groups in total. The van der Waals surface area contributed by atoms with Crippen LogP contribution in [0.4, 0.5) is 5.69 Å².